The normalized spacial score (nSPS) is 19.2. The first-order valence-corrected chi connectivity index (χ1v) is 7.03. The largest absolute Gasteiger partial charge is 0.366 e. The molecule has 0 unspecified atom stereocenters. The summed E-state index contributed by atoms with van der Waals surface area (Å²) in [5.74, 6) is 0.743. The monoisotopic (exact) mass is 301 g/mol. The summed E-state index contributed by atoms with van der Waals surface area (Å²) in [4.78, 5) is 8.34. The first kappa shape index (κ1) is 14.5. The first-order chi connectivity index (χ1) is 10.6. The molecule has 0 radical (unpaired) electrons. The molecule has 7 heteroatoms. The number of aromatic nitrogens is 2. The highest BCUT2D eigenvalue weighted by molar-refractivity contribution is 5.51. The third-order valence-corrected chi connectivity index (χ3v) is 3.89. The second-order valence-electron chi connectivity index (χ2n) is 5.40. The molecule has 1 aromatic carbocycles. The Morgan fingerprint density at radius 1 is 1.41 bits per heavy atom. The summed E-state index contributed by atoms with van der Waals surface area (Å²) < 4.78 is 19.5. The summed E-state index contributed by atoms with van der Waals surface area (Å²) in [6.07, 6.45) is 0. The highest BCUT2D eigenvalue weighted by atomic mass is 19.1. The van der Waals surface area contributed by atoms with Crippen LogP contribution >= 0.6 is 0 Å². The van der Waals surface area contributed by atoms with Crippen LogP contribution in [0.2, 0.25) is 0 Å². The number of hydrogen-bond donors (Lipinski definition) is 0. The number of anilines is 1. The number of nitrogens with zero attached hydrogens (tertiary/aromatic N) is 5. The first-order valence-electron chi connectivity index (χ1n) is 7.03. The van der Waals surface area contributed by atoms with E-state index in [1.165, 1.54) is 6.07 Å². The molecule has 1 aliphatic heterocycles. The van der Waals surface area contributed by atoms with E-state index >= 15 is 0 Å². The number of hydrogen-bond acceptors (Lipinski definition) is 6. The lowest BCUT2D eigenvalue weighted by molar-refractivity contribution is 0.177. The molecule has 0 bridgehead atoms. The van der Waals surface area contributed by atoms with Crippen LogP contribution in [-0.2, 0) is 0 Å². The molecule has 0 saturated carbocycles. The maximum absolute atomic E-state index is 14.2. The lowest BCUT2D eigenvalue weighted by atomic mass is 10.1. The van der Waals surface area contributed by atoms with Gasteiger partial charge in [-0.15, -0.1) is 0 Å². The fourth-order valence-electron chi connectivity index (χ4n) is 2.64. The van der Waals surface area contributed by atoms with Gasteiger partial charge in [0.15, 0.2) is 5.82 Å². The molecule has 0 spiro atoms. The van der Waals surface area contributed by atoms with Crippen molar-refractivity contribution in [3.8, 4) is 6.07 Å². The van der Waals surface area contributed by atoms with E-state index in [2.05, 4.69) is 15.0 Å². The van der Waals surface area contributed by atoms with Crippen LogP contribution in [0.25, 0.3) is 0 Å². The van der Waals surface area contributed by atoms with Crippen LogP contribution in [0.4, 0.5) is 10.1 Å². The second-order valence-corrected chi connectivity index (χ2v) is 5.40. The summed E-state index contributed by atoms with van der Waals surface area (Å²) in [6.45, 7) is 3.78. The van der Waals surface area contributed by atoms with Gasteiger partial charge in [-0.05, 0) is 32.2 Å². The van der Waals surface area contributed by atoms with Crippen molar-refractivity contribution >= 4 is 5.69 Å². The van der Waals surface area contributed by atoms with Gasteiger partial charge in [-0.3, -0.25) is 4.90 Å². The van der Waals surface area contributed by atoms with E-state index in [1.807, 2.05) is 18.0 Å². The Bertz CT molecular complexity index is 723. The molecule has 0 N–H and O–H groups in total. The van der Waals surface area contributed by atoms with Crippen LogP contribution in [0, 0.1) is 24.1 Å². The molecule has 22 heavy (non-hydrogen) atoms. The minimum Gasteiger partial charge on any atom is -0.366 e. The number of likely N-dealkylation sites (N-methyl/N-ethyl adjacent to an activating group) is 1. The molecule has 2 heterocycles. The average molecular weight is 301 g/mol. The van der Waals surface area contributed by atoms with Gasteiger partial charge in [0.25, 0.3) is 0 Å². The third kappa shape index (κ3) is 2.65. The van der Waals surface area contributed by atoms with Crippen molar-refractivity contribution in [2.45, 2.75) is 13.0 Å². The molecule has 0 aliphatic carbocycles. The maximum Gasteiger partial charge on any atom is 0.245 e. The molecule has 2 aromatic rings. The Kier molecular flexibility index (Phi) is 3.77. The quantitative estimate of drug-likeness (QED) is 0.843. The van der Waals surface area contributed by atoms with Gasteiger partial charge in [0, 0.05) is 19.6 Å². The molecular weight excluding hydrogens is 285 g/mol. The van der Waals surface area contributed by atoms with E-state index in [0.717, 1.165) is 6.54 Å². The highest BCUT2D eigenvalue weighted by Gasteiger charge is 2.30. The van der Waals surface area contributed by atoms with Gasteiger partial charge in [0.2, 0.25) is 5.89 Å². The summed E-state index contributed by atoms with van der Waals surface area (Å²) in [5.41, 5.74) is 0.813. The molecule has 1 fully saturated rings. The van der Waals surface area contributed by atoms with Gasteiger partial charge < -0.3 is 9.42 Å². The number of nitriles is 1. The zero-order valence-electron chi connectivity index (χ0n) is 12.5. The lowest BCUT2D eigenvalue weighted by Gasteiger charge is -2.38. The summed E-state index contributed by atoms with van der Waals surface area (Å²) in [7, 11) is 1.98. The molecular formula is C15H16FN5O. The topological polar surface area (TPSA) is 69.2 Å². The Labute approximate surface area is 127 Å². The van der Waals surface area contributed by atoms with E-state index in [9.17, 15) is 4.39 Å². The zero-order chi connectivity index (χ0) is 15.7. The Morgan fingerprint density at radius 2 is 2.23 bits per heavy atom. The number of halogens is 1. The van der Waals surface area contributed by atoms with Gasteiger partial charge in [-0.2, -0.15) is 10.2 Å². The molecule has 1 saturated heterocycles. The molecule has 1 atom stereocenters. The van der Waals surface area contributed by atoms with Crippen LogP contribution in [0.1, 0.15) is 23.3 Å². The number of rotatable bonds is 2. The van der Waals surface area contributed by atoms with E-state index in [1.54, 1.807) is 19.1 Å². The third-order valence-electron chi connectivity index (χ3n) is 3.89. The van der Waals surface area contributed by atoms with Crippen LogP contribution in [0.15, 0.2) is 22.7 Å². The second kappa shape index (κ2) is 5.73. The summed E-state index contributed by atoms with van der Waals surface area (Å²) >= 11 is 0. The fourth-order valence-corrected chi connectivity index (χ4v) is 2.64. The summed E-state index contributed by atoms with van der Waals surface area (Å²) in [5, 5.41) is 12.6. The fraction of sp³-hybridized carbons (Fsp3) is 0.400. The van der Waals surface area contributed by atoms with Crippen LogP contribution < -0.4 is 4.90 Å². The molecule has 0 amide bonds. The van der Waals surface area contributed by atoms with E-state index in [4.69, 9.17) is 9.78 Å². The zero-order valence-corrected chi connectivity index (χ0v) is 12.5. The Hall–Kier alpha value is -2.46. The van der Waals surface area contributed by atoms with Crippen molar-refractivity contribution in [3.63, 3.8) is 0 Å². The molecule has 1 aliphatic rings. The minimum absolute atomic E-state index is 0.0787. The van der Waals surface area contributed by atoms with Crippen molar-refractivity contribution in [1.82, 2.24) is 15.0 Å². The maximum atomic E-state index is 14.2. The number of aryl methyl sites for hydroxylation is 1. The van der Waals surface area contributed by atoms with Gasteiger partial charge in [-0.25, -0.2) is 4.39 Å². The van der Waals surface area contributed by atoms with Crippen molar-refractivity contribution in [2.75, 3.05) is 31.6 Å². The standard InChI is InChI=1S/C15H16FN5O/c1-10-18-15(22-19-10)14-9-21(6-5-20(14)2)13-4-3-11(8-17)7-12(13)16/h3-4,7,14H,5-6,9H2,1-2H3/t14-/m0/s1. The molecule has 114 valence electrons. The SMILES string of the molecule is Cc1noc([C@@H]2CN(c3ccc(C#N)cc3F)CCN2C)n1. The van der Waals surface area contributed by atoms with Gasteiger partial charge in [0.05, 0.1) is 17.3 Å². The number of piperazine rings is 1. The van der Waals surface area contributed by atoms with Crippen molar-refractivity contribution in [2.24, 2.45) is 0 Å². The van der Waals surface area contributed by atoms with Gasteiger partial charge in [0.1, 0.15) is 11.9 Å². The van der Waals surface area contributed by atoms with Crippen LogP contribution in [-0.4, -0.2) is 41.7 Å². The van der Waals surface area contributed by atoms with Gasteiger partial charge in [-0.1, -0.05) is 5.16 Å². The van der Waals surface area contributed by atoms with Crippen molar-refractivity contribution in [3.05, 3.63) is 41.3 Å². The predicted molar refractivity (Wildman–Crippen MR) is 77.7 cm³/mol. The van der Waals surface area contributed by atoms with Gasteiger partial charge >= 0.3 is 0 Å². The smallest absolute Gasteiger partial charge is 0.245 e. The van der Waals surface area contributed by atoms with E-state index in [-0.39, 0.29) is 11.9 Å². The van der Waals surface area contributed by atoms with Crippen LogP contribution in [0.5, 0.6) is 0 Å². The Balaban J connectivity index is 1.85. The number of benzene rings is 1. The Morgan fingerprint density at radius 3 is 2.86 bits per heavy atom. The minimum atomic E-state index is -0.385. The predicted octanol–water partition coefficient (Wildman–Crippen LogP) is 1.88. The van der Waals surface area contributed by atoms with Crippen LogP contribution in [0.3, 0.4) is 0 Å². The van der Waals surface area contributed by atoms with Crippen molar-refractivity contribution in [1.29, 1.82) is 5.26 Å². The molecule has 1 aromatic heterocycles. The van der Waals surface area contributed by atoms with Crippen molar-refractivity contribution < 1.29 is 8.91 Å². The average Bonchev–Trinajstić information content (AvgIpc) is 2.94. The molecule has 3 rings (SSSR count). The molecule has 6 nitrogen and oxygen atoms in total. The highest BCUT2D eigenvalue weighted by Crippen LogP contribution is 2.28. The summed E-state index contributed by atoms with van der Waals surface area (Å²) in [6, 6.07) is 6.40. The van der Waals surface area contributed by atoms with E-state index < -0.39 is 0 Å². The van der Waals surface area contributed by atoms with E-state index in [0.29, 0.717) is 36.1 Å². The lowest BCUT2D eigenvalue weighted by Crippen LogP contribution is -2.47.